The Morgan fingerprint density at radius 1 is 1.61 bits per heavy atom. The minimum Gasteiger partial charge on any atom is -0.351 e. The van der Waals surface area contributed by atoms with Crippen molar-refractivity contribution in [2.45, 2.75) is 19.8 Å². The fourth-order valence-corrected chi connectivity index (χ4v) is 2.70. The van der Waals surface area contributed by atoms with E-state index in [0.29, 0.717) is 16.4 Å². The molecular formula is C12H14ClN3OS. The zero-order valence-electron chi connectivity index (χ0n) is 10.00. The molecule has 0 spiro atoms. The molecule has 0 atom stereocenters. The second-order valence-corrected chi connectivity index (χ2v) is 5.30. The summed E-state index contributed by atoms with van der Waals surface area (Å²) in [7, 11) is 0. The van der Waals surface area contributed by atoms with E-state index in [-0.39, 0.29) is 5.91 Å². The molecule has 18 heavy (non-hydrogen) atoms. The van der Waals surface area contributed by atoms with Crippen LogP contribution in [0.3, 0.4) is 0 Å². The predicted molar refractivity (Wildman–Crippen MR) is 73.3 cm³/mol. The number of aromatic amines is 1. The molecule has 0 fully saturated rings. The maximum absolute atomic E-state index is 11.8. The van der Waals surface area contributed by atoms with Crippen molar-refractivity contribution in [3.05, 3.63) is 38.8 Å². The molecule has 0 aliphatic heterocycles. The Morgan fingerprint density at radius 3 is 3.06 bits per heavy atom. The van der Waals surface area contributed by atoms with Gasteiger partial charge in [0.25, 0.3) is 5.91 Å². The number of aryl methyl sites for hydroxylation is 2. The smallest absolute Gasteiger partial charge is 0.262 e. The van der Waals surface area contributed by atoms with Crippen molar-refractivity contribution in [2.24, 2.45) is 0 Å². The van der Waals surface area contributed by atoms with Gasteiger partial charge in [0, 0.05) is 12.2 Å². The molecular weight excluding hydrogens is 270 g/mol. The molecule has 0 aliphatic carbocycles. The largest absolute Gasteiger partial charge is 0.351 e. The maximum Gasteiger partial charge on any atom is 0.262 e. The lowest BCUT2D eigenvalue weighted by molar-refractivity contribution is 0.0957. The van der Waals surface area contributed by atoms with Crippen LogP contribution in [0, 0.1) is 6.92 Å². The third kappa shape index (κ3) is 3.11. The summed E-state index contributed by atoms with van der Waals surface area (Å²) in [5.41, 5.74) is 2.28. The van der Waals surface area contributed by atoms with Gasteiger partial charge in [-0.1, -0.05) is 11.6 Å². The summed E-state index contributed by atoms with van der Waals surface area (Å²) in [5.74, 6) is -0.0982. The van der Waals surface area contributed by atoms with Crippen molar-refractivity contribution < 1.29 is 4.79 Å². The SMILES string of the molecule is Cc1[nH]ncc1CCCNC(=O)c1sccc1Cl. The molecule has 96 valence electrons. The Kier molecular flexibility index (Phi) is 4.38. The van der Waals surface area contributed by atoms with E-state index in [1.807, 2.05) is 18.5 Å². The standard InChI is InChI=1S/C12H14ClN3OS/c1-8-9(7-15-16-8)3-2-5-14-12(17)11-10(13)4-6-18-11/h4,6-7H,2-3,5H2,1H3,(H,14,17)(H,15,16). The first-order valence-electron chi connectivity index (χ1n) is 5.68. The van der Waals surface area contributed by atoms with Gasteiger partial charge in [0.2, 0.25) is 0 Å². The number of carbonyl (C=O) groups excluding carboxylic acids is 1. The van der Waals surface area contributed by atoms with E-state index in [4.69, 9.17) is 11.6 Å². The number of aromatic nitrogens is 2. The Labute approximate surface area is 114 Å². The Morgan fingerprint density at radius 2 is 2.44 bits per heavy atom. The third-order valence-electron chi connectivity index (χ3n) is 2.67. The van der Waals surface area contributed by atoms with Crippen LogP contribution in [0.2, 0.25) is 5.02 Å². The quantitative estimate of drug-likeness (QED) is 0.829. The molecule has 0 saturated heterocycles. The van der Waals surface area contributed by atoms with Gasteiger partial charge in [-0.2, -0.15) is 5.10 Å². The van der Waals surface area contributed by atoms with E-state index in [1.54, 1.807) is 6.07 Å². The van der Waals surface area contributed by atoms with E-state index in [0.717, 1.165) is 18.5 Å². The number of H-pyrrole nitrogens is 1. The number of halogens is 1. The van der Waals surface area contributed by atoms with Gasteiger partial charge in [0.15, 0.2) is 0 Å². The fourth-order valence-electron chi connectivity index (χ4n) is 1.64. The van der Waals surface area contributed by atoms with Crippen LogP contribution in [0.1, 0.15) is 27.3 Å². The van der Waals surface area contributed by atoms with Crippen molar-refractivity contribution in [1.82, 2.24) is 15.5 Å². The number of amides is 1. The Bertz CT molecular complexity index is 535. The van der Waals surface area contributed by atoms with Crippen LogP contribution in [0.25, 0.3) is 0 Å². The Balaban J connectivity index is 1.75. The summed E-state index contributed by atoms with van der Waals surface area (Å²) in [5, 5.41) is 12.0. The lowest BCUT2D eigenvalue weighted by atomic mass is 10.1. The van der Waals surface area contributed by atoms with Crippen molar-refractivity contribution in [3.63, 3.8) is 0 Å². The topological polar surface area (TPSA) is 57.8 Å². The summed E-state index contributed by atoms with van der Waals surface area (Å²) in [6, 6.07) is 1.73. The van der Waals surface area contributed by atoms with Crippen molar-refractivity contribution >= 4 is 28.8 Å². The minimum absolute atomic E-state index is 0.0982. The summed E-state index contributed by atoms with van der Waals surface area (Å²) in [6.45, 7) is 2.63. The maximum atomic E-state index is 11.8. The molecule has 1 amide bonds. The van der Waals surface area contributed by atoms with E-state index in [9.17, 15) is 4.79 Å². The molecule has 2 N–H and O–H groups in total. The lowest BCUT2D eigenvalue weighted by Crippen LogP contribution is -2.24. The Hall–Kier alpha value is -1.33. The molecule has 0 bridgehead atoms. The molecule has 6 heteroatoms. The average molecular weight is 284 g/mol. The fraction of sp³-hybridized carbons (Fsp3) is 0.333. The summed E-state index contributed by atoms with van der Waals surface area (Å²) in [4.78, 5) is 12.3. The molecule has 2 rings (SSSR count). The van der Waals surface area contributed by atoms with Gasteiger partial charge < -0.3 is 5.32 Å². The molecule has 0 saturated carbocycles. The third-order valence-corrected chi connectivity index (χ3v) is 4.01. The molecule has 2 heterocycles. The first-order valence-corrected chi connectivity index (χ1v) is 6.94. The first kappa shape index (κ1) is 13.1. The number of carbonyl (C=O) groups is 1. The summed E-state index contributed by atoms with van der Waals surface area (Å²) < 4.78 is 0. The van der Waals surface area contributed by atoms with Crippen LogP contribution in [-0.2, 0) is 6.42 Å². The van der Waals surface area contributed by atoms with E-state index in [1.165, 1.54) is 16.9 Å². The van der Waals surface area contributed by atoms with Crippen LogP contribution < -0.4 is 5.32 Å². The van der Waals surface area contributed by atoms with Crippen molar-refractivity contribution in [1.29, 1.82) is 0 Å². The summed E-state index contributed by atoms with van der Waals surface area (Å²) >= 11 is 7.24. The normalized spacial score (nSPS) is 10.6. The molecule has 4 nitrogen and oxygen atoms in total. The van der Waals surface area contributed by atoms with E-state index < -0.39 is 0 Å². The number of rotatable bonds is 5. The van der Waals surface area contributed by atoms with Gasteiger partial charge in [-0.25, -0.2) is 0 Å². The number of hydrogen-bond acceptors (Lipinski definition) is 3. The molecule has 2 aromatic rings. The lowest BCUT2D eigenvalue weighted by Gasteiger charge is -2.03. The molecule has 0 aromatic carbocycles. The second-order valence-electron chi connectivity index (χ2n) is 3.98. The van der Waals surface area contributed by atoms with Gasteiger partial charge >= 0.3 is 0 Å². The van der Waals surface area contributed by atoms with Gasteiger partial charge in [-0.3, -0.25) is 9.89 Å². The summed E-state index contributed by atoms with van der Waals surface area (Å²) in [6.07, 6.45) is 3.61. The number of nitrogens with zero attached hydrogens (tertiary/aromatic N) is 1. The van der Waals surface area contributed by atoms with Gasteiger partial charge in [0.05, 0.1) is 11.2 Å². The average Bonchev–Trinajstić information content (AvgIpc) is 2.94. The predicted octanol–water partition coefficient (Wildman–Crippen LogP) is 2.80. The molecule has 0 unspecified atom stereocenters. The number of hydrogen-bond donors (Lipinski definition) is 2. The zero-order valence-corrected chi connectivity index (χ0v) is 11.6. The molecule has 2 aromatic heterocycles. The number of nitrogens with one attached hydrogen (secondary N) is 2. The highest BCUT2D eigenvalue weighted by Crippen LogP contribution is 2.21. The second kappa shape index (κ2) is 6.02. The first-order chi connectivity index (χ1) is 8.68. The highest BCUT2D eigenvalue weighted by Gasteiger charge is 2.10. The highest BCUT2D eigenvalue weighted by atomic mass is 35.5. The molecule has 0 radical (unpaired) electrons. The highest BCUT2D eigenvalue weighted by molar-refractivity contribution is 7.12. The van der Waals surface area contributed by atoms with Gasteiger partial charge in [-0.05, 0) is 36.8 Å². The monoisotopic (exact) mass is 283 g/mol. The zero-order chi connectivity index (χ0) is 13.0. The van der Waals surface area contributed by atoms with Gasteiger partial charge in [0.1, 0.15) is 4.88 Å². The van der Waals surface area contributed by atoms with E-state index in [2.05, 4.69) is 15.5 Å². The minimum atomic E-state index is -0.0982. The molecule has 0 aliphatic rings. The van der Waals surface area contributed by atoms with Crippen LogP contribution >= 0.6 is 22.9 Å². The van der Waals surface area contributed by atoms with Crippen molar-refractivity contribution in [3.8, 4) is 0 Å². The van der Waals surface area contributed by atoms with E-state index >= 15 is 0 Å². The van der Waals surface area contributed by atoms with Crippen LogP contribution in [0.5, 0.6) is 0 Å². The number of thiophene rings is 1. The van der Waals surface area contributed by atoms with Crippen LogP contribution in [-0.4, -0.2) is 22.6 Å². The van der Waals surface area contributed by atoms with Crippen molar-refractivity contribution in [2.75, 3.05) is 6.54 Å². The van der Waals surface area contributed by atoms with Crippen LogP contribution in [0.15, 0.2) is 17.6 Å². The van der Waals surface area contributed by atoms with Gasteiger partial charge in [-0.15, -0.1) is 11.3 Å². The van der Waals surface area contributed by atoms with Crippen LogP contribution in [0.4, 0.5) is 0 Å².